The molecule has 0 amide bonds. The number of carbonyl (C=O) groups is 1. The van der Waals surface area contributed by atoms with Gasteiger partial charge in [0, 0.05) is 14.8 Å². The molecule has 0 bridgehead atoms. The van der Waals surface area contributed by atoms with Gasteiger partial charge in [0.15, 0.2) is 0 Å². The SMILES string of the molecule is O=C(O)Cc1ccc(Sc2ccc(Cl)cc2)c(C(F)(F)F)c1. The molecule has 0 aromatic heterocycles. The molecule has 116 valence electrons. The Bertz CT molecular complexity index is 684. The number of hydrogen-bond donors (Lipinski definition) is 1. The van der Waals surface area contributed by atoms with Gasteiger partial charge in [0.1, 0.15) is 0 Å². The summed E-state index contributed by atoms with van der Waals surface area (Å²) in [5, 5.41) is 9.19. The van der Waals surface area contributed by atoms with Gasteiger partial charge in [-0.05, 0) is 42.0 Å². The van der Waals surface area contributed by atoms with Crippen LogP contribution in [0.5, 0.6) is 0 Å². The van der Waals surface area contributed by atoms with Crippen LogP contribution in [-0.2, 0) is 17.4 Å². The molecule has 0 spiro atoms. The highest BCUT2D eigenvalue weighted by Gasteiger charge is 2.34. The van der Waals surface area contributed by atoms with Gasteiger partial charge in [-0.2, -0.15) is 13.2 Å². The lowest BCUT2D eigenvalue weighted by Crippen LogP contribution is -2.09. The first-order valence-electron chi connectivity index (χ1n) is 6.11. The highest BCUT2D eigenvalue weighted by Crippen LogP contribution is 2.40. The molecule has 0 aliphatic carbocycles. The Morgan fingerprint density at radius 2 is 1.77 bits per heavy atom. The van der Waals surface area contributed by atoms with E-state index < -0.39 is 24.1 Å². The molecule has 2 aromatic carbocycles. The zero-order valence-electron chi connectivity index (χ0n) is 11.0. The second-order valence-electron chi connectivity index (χ2n) is 4.45. The highest BCUT2D eigenvalue weighted by atomic mass is 35.5. The van der Waals surface area contributed by atoms with Gasteiger partial charge in [-0.1, -0.05) is 29.4 Å². The lowest BCUT2D eigenvalue weighted by Gasteiger charge is -2.14. The van der Waals surface area contributed by atoms with Crippen molar-refractivity contribution in [3.63, 3.8) is 0 Å². The Morgan fingerprint density at radius 3 is 2.32 bits per heavy atom. The minimum absolute atomic E-state index is 0.0176. The summed E-state index contributed by atoms with van der Waals surface area (Å²) < 4.78 is 39.5. The third kappa shape index (κ3) is 4.42. The molecular weight excluding hydrogens is 337 g/mol. The summed E-state index contributed by atoms with van der Waals surface area (Å²) in [7, 11) is 0. The van der Waals surface area contributed by atoms with Crippen molar-refractivity contribution in [2.45, 2.75) is 22.4 Å². The van der Waals surface area contributed by atoms with Gasteiger partial charge in [-0.15, -0.1) is 0 Å². The molecule has 7 heteroatoms. The van der Waals surface area contributed by atoms with E-state index >= 15 is 0 Å². The summed E-state index contributed by atoms with van der Waals surface area (Å²) in [6, 6.07) is 10.00. The van der Waals surface area contributed by atoms with Crippen LogP contribution in [0.1, 0.15) is 11.1 Å². The lowest BCUT2D eigenvalue weighted by molar-refractivity contribution is -0.140. The molecule has 0 saturated carbocycles. The summed E-state index contributed by atoms with van der Waals surface area (Å²) >= 11 is 6.69. The topological polar surface area (TPSA) is 37.3 Å². The Labute approximate surface area is 133 Å². The van der Waals surface area contributed by atoms with Gasteiger partial charge < -0.3 is 5.11 Å². The second kappa shape index (κ2) is 6.62. The molecule has 0 radical (unpaired) electrons. The first-order chi connectivity index (χ1) is 10.3. The first-order valence-corrected chi connectivity index (χ1v) is 7.30. The Morgan fingerprint density at radius 1 is 1.14 bits per heavy atom. The van der Waals surface area contributed by atoms with Crippen LogP contribution < -0.4 is 0 Å². The first kappa shape index (κ1) is 16.7. The minimum Gasteiger partial charge on any atom is -0.481 e. The number of hydrogen-bond acceptors (Lipinski definition) is 2. The number of alkyl halides is 3. The number of benzene rings is 2. The van der Waals surface area contributed by atoms with Crippen LogP contribution in [-0.4, -0.2) is 11.1 Å². The molecule has 0 saturated heterocycles. The Balaban J connectivity index is 2.37. The second-order valence-corrected chi connectivity index (χ2v) is 6.01. The minimum atomic E-state index is -4.55. The van der Waals surface area contributed by atoms with Crippen molar-refractivity contribution in [2.24, 2.45) is 0 Å². The van der Waals surface area contributed by atoms with Gasteiger partial charge in [0.2, 0.25) is 0 Å². The summed E-state index contributed by atoms with van der Waals surface area (Å²) in [6.07, 6.45) is -5.00. The van der Waals surface area contributed by atoms with Crippen molar-refractivity contribution in [3.05, 3.63) is 58.6 Å². The van der Waals surface area contributed by atoms with E-state index in [4.69, 9.17) is 16.7 Å². The number of rotatable bonds is 4. The predicted molar refractivity (Wildman–Crippen MR) is 78.4 cm³/mol. The molecular formula is C15H10ClF3O2S. The van der Waals surface area contributed by atoms with E-state index in [2.05, 4.69) is 0 Å². The molecule has 0 aliphatic rings. The number of carboxylic acids is 1. The average Bonchev–Trinajstić information content (AvgIpc) is 2.41. The average molecular weight is 347 g/mol. The fourth-order valence-corrected chi connectivity index (χ4v) is 2.87. The van der Waals surface area contributed by atoms with Crippen LogP contribution in [0.25, 0.3) is 0 Å². The molecule has 0 fully saturated rings. The number of aliphatic carboxylic acids is 1. The van der Waals surface area contributed by atoms with Gasteiger partial charge in [-0.3, -0.25) is 4.79 Å². The van der Waals surface area contributed by atoms with Crippen LogP contribution in [0.15, 0.2) is 52.3 Å². The Hall–Kier alpha value is -1.66. The maximum atomic E-state index is 13.2. The van der Waals surface area contributed by atoms with Gasteiger partial charge in [0.25, 0.3) is 0 Å². The van der Waals surface area contributed by atoms with E-state index in [1.807, 2.05) is 0 Å². The van der Waals surface area contributed by atoms with Gasteiger partial charge in [-0.25, -0.2) is 0 Å². The van der Waals surface area contributed by atoms with Crippen LogP contribution in [0, 0.1) is 0 Å². The van der Waals surface area contributed by atoms with Crippen LogP contribution in [0.4, 0.5) is 13.2 Å². The van der Waals surface area contributed by atoms with E-state index in [1.165, 1.54) is 12.1 Å². The normalized spacial score (nSPS) is 11.5. The molecule has 2 rings (SSSR count). The van der Waals surface area contributed by atoms with E-state index in [0.29, 0.717) is 9.92 Å². The van der Waals surface area contributed by atoms with E-state index in [1.54, 1.807) is 24.3 Å². The zero-order chi connectivity index (χ0) is 16.3. The predicted octanol–water partition coefficient (Wildman–Crippen LogP) is 5.14. The van der Waals surface area contributed by atoms with Crippen molar-refractivity contribution in [1.82, 2.24) is 0 Å². The maximum Gasteiger partial charge on any atom is 0.417 e. The summed E-state index contributed by atoms with van der Waals surface area (Å²) in [6.45, 7) is 0. The molecule has 2 aromatic rings. The largest absolute Gasteiger partial charge is 0.481 e. The Kier molecular flexibility index (Phi) is 5.03. The number of carboxylic acid groups (broad SMARTS) is 1. The molecule has 0 aliphatic heterocycles. The van der Waals surface area contributed by atoms with Crippen LogP contribution in [0.2, 0.25) is 5.02 Å². The van der Waals surface area contributed by atoms with Crippen LogP contribution >= 0.6 is 23.4 Å². The van der Waals surface area contributed by atoms with Crippen molar-refractivity contribution >= 4 is 29.3 Å². The fourth-order valence-electron chi connectivity index (χ4n) is 1.80. The molecule has 0 heterocycles. The summed E-state index contributed by atoms with van der Waals surface area (Å²) in [5.41, 5.74) is -0.730. The van der Waals surface area contributed by atoms with E-state index in [9.17, 15) is 18.0 Å². The van der Waals surface area contributed by atoms with E-state index in [0.717, 1.165) is 17.8 Å². The van der Waals surface area contributed by atoms with Crippen LogP contribution in [0.3, 0.4) is 0 Å². The third-order valence-corrected chi connectivity index (χ3v) is 4.08. The standard InChI is InChI=1S/C15H10ClF3O2S/c16-10-2-4-11(5-3-10)22-13-6-1-9(8-14(20)21)7-12(13)15(17,18)19/h1-7H,8H2,(H,20,21). The summed E-state index contributed by atoms with van der Waals surface area (Å²) in [4.78, 5) is 11.3. The lowest BCUT2D eigenvalue weighted by atomic mass is 10.1. The van der Waals surface area contributed by atoms with Gasteiger partial charge in [0.05, 0.1) is 12.0 Å². The third-order valence-electron chi connectivity index (χ3n) is 2.75. The van der Waals surface area contributed by atoms with Crippen molar-refractivity contribution in [1.29, 1.82) is 0 Å². The molecule has 0 unspecified atom stereocenters. The quantitative estimate of drug-likeness (QED) is 0.833. The monoisotopic (exact) mass is 346 g/mol. The van der Waals surface area contributed by atoms with Crippen molar-refractivity contribution in [2.75, 3.05) is 0 Å². The summed E-state index contributed by atoms with van der Waals surface area (Å²) in [5.74, 6) is -1.17. The maximum absolute atomic E-state index is 13.2. The molecule has 0 atom stereocenters. The smallest absolute Gasteiger partial charge is 0.417 e. The van der Waals surface area contributed by atoms with E-state index in [-0.39, 0.29) is 10.5 Å². The highest BCUT2D eigenvalue weighted by molar-refractivity contribution is 7.99. The molecule has 1 N–H and O–H groups in total. The van der Waals surface area contributed by atoms with Crippen molar-refractivity contribution < 1.29 is 23.1 Å². The van der Waals surface area contributed by atoms with Crippen molar-refractivity contribution in [3.8, 4) is 0 Å². The van der Waals surface area contributed by atoms with Gasteiger partial charge >= 0.3 is 12.1 Å². The number of halogens is 4. The fraction of sp³-hybridized carbons (Fsp3) is 0.133. The zero-order valence-corrected chi connectivity index (χ0v) is 12.6. The molecule has 2 nitrogen and oxygen atoms in total. The molecule has 22 heavy (non-hydrogen) atoms.